The number of amides is 1. The molecule has 6 heteroatoms. The SMILES string of the molecule is CSCCN(C)C(=O)c1sc(N)nc1C. The second-order valence-corrected chi connectivity index (χ2v) is 5.20. The van der Waals surface area contributed by atoms with Crippen LogP contribution in [0.25, 0.3) is 0 Å². The standard InChI is InChI=1S/C9H15N3OS2/c1-6-7(15-9(10)11-6)8(13)12(2)4-5-14-3/h4-5H2,1-3H3,(H2,10,11). The molecule has 1 aromatic heterocycles. The Morgan fingerprint density at radius 2 is 2.33 bits per heavy atom. The van der Waals surface area contributed by atoms with Crippen LogP contribution in [-0.2, 0) is 0 Å². The highest BCUT2D eigenvalue weighted by Crippen LogP contribution is 2.20. The van der Waals surface area contributed by atoms with Crippen molar-refractivity contribution in [1.82, 2.24) is 9.88 Å². The molecule has 1 rings (SSSR count). The molecule has 2 N–H and O–H groups in total. The van der Waals surface area contributed by atoms with E-state index in [0.29, 0.717) is 10.0 Å². The van der Waals surface area contributed by atoms with E-state index >= 15 is 0 Å². The molecule has 1 amide bonds. The lowest BCUT2D eigenvalue weighted by Crippen LogP contribution is -2.28. The van der Waals surface area contributed by atoms with Crippen LogP contribution in [0.1, 0.15) is 15.4 Å². The van der Waals surface area contributed by atoms with Crippen molar-refractivity contribution >= 4 is 34.1 Å². The lowest BCUT2D eigenvalue weighted by Gasteiger charge is -2.15. The number of thiazole rings is 1. The number of hydrogen-bond acceptors (Lipinski definition) is 5. The van der Waals surface area contributed by atoms with Crippen LogP contribution in [0.2, 0.25) is 0 Å². The van der Waals surface area contributed by atoms with Crippen molar-refractivity contribution in [3.05, 3.63) is 10.6 Å². The molecule has 1 aromatic rings. The number of nitrogens with two attached hydrogens (primary N) is 1. The highest BCUT2D eigenvalue weighted by Gasteiger charge is 2.17. The third-order valence-corrected chi connectivity index (χ3v) is 3.55. The number of nitrogens with zero attached hydrogens (tertiary/aromatic N) is 2. The van der Waals surface area contributed by atoms with E-state index in [1.165, 1.54) is 11.3 Å². The van der Waals surface area contributed by atoms with Crippen LogP contribution in [0.5, 0.6) is 0 Å². The Labute approximate surface area is 97.9 Å². The number of aryl methyl sites for hydroxylation is 1. The molecule has 0 fully saturated rings. The maximum absolute atomic E-state index is 11.9. The van der Waals surface area contributed by atoms with Gasteiger partial charge in [-0.3, -0.25) is 4.79 Å². The van der Waals surface area contributed by atoms with Gasteiger partial charge in [-0.25, -0.2) is 4.98 Å². The van der Waals surface area contributed by atoms with Crippen molar-refractivity contribution in [1.29, 1.82) is 0 Å². The van der Waals surface area contributed by atoms with E-state index in [4.69, 9.17) is 5.73 Å². The summed E-state index contributed by atoms with van der Waals surface area (Å²) in [6.45, 7) is 2.56. The van der Waals surface area contributed by atoms with Gasteiger partial charge in [-0.2, -0.15) is 11.8 Å². The summed E-state index contributed by atoms with van der Waals surface area (Å²) >= 11 is 2.97. The largest absolute Gasteiger partial charge is 0.375 e. The van der Waals surface area contributed by atoms with E-state index in [9.17, 15) is 4.79 Å². The Morgan fingerprint density at radius 1 is 1.67 bits per heavy atom. The smallest absolute Gasteiger partial charge is 0.265 e. The fraction of sp³-hybridized carbons (Fsp3) is 0.556. The quantitative estimate of drug-likeness (QED) is 0.872. The summed E-state index contributed by atoms with van der Waals surface area (Å²) in [7, 11) is 1.80. The van der Waals surface area contributed by atoms with Gasteiger partial charge in [0, 0.05) is 19.3 Å². The minimum atomic E-state index is 0.00995. The third-order valence-electron chi connectivity index (χ3n) is 1.98. The summed E-state index contributed by atoms with van der Waals surface area (Å²) < 4.78 is 0. The molecule has 4 nitrogen and oxygen atoms in total. The first-order valence-electron chi connectivity index (χ1n) is 4.53. The maximum atomic E-state index is 11.9. The van der Waals surface area contributed by atoms with Crippen molar-refractivity contribution in [2.45, 2.75) is 6.92 Å². The van der Waals surface area contributed by atoms with Gasteiger partial charge in [-0.15, -0.1) is 0 Å². The van der Waals surface area contributed by atoms with Crippen molar-refractivity contribution in [3.63, 3.8) is 0 Å². The van der Waals surface area contributed by atoms with Gasteiger partial charge in [0.1, 0.15) is 4.88 Å². The number of carbonyl (C=O) groups excluding carboxylic acids is 1. The normalized spacial score (nSPS) is 10.3. The first-order valence-corrected chi connectivity index (χ1v) is 6.74. The third kappa shape index (κ3) is 3.10. The zero-order valence-electron chi connectivity index (χ0n) is 9.11. The molecule has 0 unspecified atom stereocenters. The molecule has 0 saturated heterocycles. The molecule has 0 spiro atoms. The minimum absolute atomic E-state index is 0.00995. The maximum Gasteiger partial charge on any atom is 0.265 e. The number of rotatable bonds is 4. The van der Waals surface area contributed by atoms with Crippen LogP contribution in [0.3, 0.4) is 0 Å². The highest BCUT2D eigenvalue weighted by atomic mass is 32.2. The summed E-state index contributed by atoms with van der Waals surface area (Å²) in [4.78, 5) is 18.3. The van der Waals surface area contributed by atoms with Gasteiger partial charge >= 0.3 is 0 Å². The monoisotopic (exact) mass is 245 g/mol. The number of thioether (sulfide) groups is 1. The zero-order chi connectivity index (χ0) is 11.4. The van der Waals surface area contributed by atoms with Crippen LogP contribution >= 0.6 is 23.1 Å². The molecular weight excluding hydrogens is 230 g/mol. The lowest BCUT2D eigenvalue weighted by molar-refractivity contribution is 0.0807. The molecule has 15 heavy (non-hydrogen) atoms. The summed E-state index contributed by atoms with van der Waals surface area (Å²) in [6.07, 6.45) is 2.02. The summed E-state index contributed by atoms with van der Waals surface area (Å²) in [5.74, 6) is 0.950. The van der Waals surface area contributed by atoms with Crippen LogP contribution in [0, 0.1) is 6.92 Å². The van der Waals surface area contributed by atoms with Gasteiger partial charge < -0.3 is 10.6 Å². The molecule has 0 aromatic carbocycles. The Kier molecular flexibility index (Phi) is 4.41. The van der Waals surface area contributed by atoms with E-state index in [0.717, 1.165) is 18.0 Å². The molecular formula is C9H15N3OS2. The van der Waals surface area contributed by atoms with Gasteiger partial charge in [0.25, 0.3) is 5.91 Å². The van der Waals surface area contributed by atoms with Gasteiger partial charge in [0.05, 0.1) is 5.69 Å². The van der Waals surface area contributed by atoms with Gasteiger partial charge in [0.2, 0.25) is 0 Å². The average molecular weight is 245 g/mol. The molecule has 0 saturated carbocycles. The molecule has 0 atom stereocenters. The number of anilines is 1. The second-order valence-electron chi connectivity index (χ2n) is 3.19. The van der Waals surface area contributed by atoms with E-state index in [1.807, 2.05) is 13.2 Å². The first kappa shape index (κ1) is 12.3. The molecule has 1 heterocycles. The number of carbonyl (C=O) groups is 1. The summed E-state index contributed by atoms with van der Waals surface area (Å²) in [5, 5.41) is 0.453. The molecule has 0 radical (unpaired) electrons. The van der Waals surface area contributed by atoms with E-state index in [2.05, 4.69) is 4.98 Å². The molecule has 0 aliphatic rings. The zero-order valence-corrected chi connectivity index (χ0v) is 10.7. The average Bonchev–Trinajstić information content (AvgIpc) is 2.53. The number of nitrogen functional groups attached to an aromatic ring is 1. The molecule has 0 aliphatic carbocycles. The lowest BCUT2D eigenvalue weighted by atomic mass is 10.3. The van der Waals surface area contributed by atoms with Gasteiger partial charge in [0.15, 0.2) is 5.13 Å². The fourth-order valence-electron chi connectivity index (χ4n) is 1.12. The number of aromatic nitrogens is 1. The molecule has 84 valence electrons. The van der Waals surface area contributed by atoms with Crippen molar-refractivity contribution < 1.29 is 4.79 Å². The Hall–Kier alpha value is -0.750. The van der Waals surface area contributed by atoms with Crippen molar-refractivity contribution in [2.75, 3.05) is 31.3 Å². The number of hydrogen-bond donors (Lipinski definition) is 1. The Morgan fingerprint density at radius 3 is 2.80 bits per heavy atom. The van der Waals surface area contributed by atoms with Crippen molar-refractivity contribution in [2.24, 2.45) is 0 Å². The predicted molar refractivity (Wildman–Crippen MR) is 66.6 cm³/mol. The van der Waals surface area contributed by atoms with Crippen LogP contribution in [0.4, 0.5) is 5.13 Å². The van der Waals surface area contributed by atoms with Crippen LogP contribution in [0.15, 0.2) is 0 Å². The highest BCUT2D eigenvalue weighted by molar-refractivity contribution is 7.98. The van der Waals surface area contributed by atoms with Crippen LogP contribution < -0.4 is 5.73 Å². The van der Waals surface area contributed by atoms with E-state index < -0.39 is 0 Å². The topological polar surface area (TPSA) is 59.2 Å². The second kappa shape index (κ2) is 5.37. The summed E-state index contributed by atoms with van der Waals surface area (Å²) in [5.41, 5.74) is 6.27. The fourth-order valence-corrected chi connectivity index (χ4v) is 2.40. The predicted octanol–water partition coefficient (Wildman–Crippen LogP) is 1.47. The Bertz CT molecular complexity index is 351. The summed E-state index contributed by atoms with van der Waals surface area (Å²) in [6, 6.07) is 0. The minimum Gasteiger partial charge on any atom is -0.375 e. The molecule has 0 aliphatic heterocycles. The Balaban J connectivity index is 2.71. The molecule has 0 bridgehead atoms. The van der Waals surface area contributed by atoms with E-state index in [1.54, 1.807) is 23.7 Å². The van der Waals surface area contributed by atoms with Crippen molar-refractivity contribution in [3.8, 4) is 0 Å². The first-order chi connectivity index (χ1) is 7.06. The van der Waals surface area contributed by atoms with Gasteiger partial charge in [-0.05, 0) is 13.2 Å². The van der Waals surface area contributed by atoms with E-state index in [-0.39, 0.29) is 5.91 Å². The van der Waals surface area contributed by atoms with Gasteiger partial charge in [-0.1, -0.05) is 11.3 Å². The van der Waals surface area contributed by atoms with Crippen LogP contribution in [-0.4, -0.2) is 41.4 Å².